The summed E-state index contributed by atoms with van der Waals surface area (Å²) >= 11 is 11.4. The van der Waals surface area contributed by atoms with E-state index < -0.39 is 5.63 Å². The zero-order chi connectivity index (χ0) is 10.3. The Bertz CT molecular complexity index is 560. The van der Waals surface area contributed by atoms with Gasteiger partial charge in [-0.1, -0.05) is 23.2 Å². The Morgan fingerprint density at radius 2 is 1.93 bits per heavy atom. The van der Waals surface area contributed by atoms with Crippen molar-refractivity contribution in [2.75, 3.05) is 0 Å². The highest BCUT2D eigenvalue weighted by Crippen LogP contribution is 2.29. The van der Waals surface area contributed by atoms with E-state index in [0.717, 1.165) is 0 Å². The molecule has 0 fully saturated rings. The van der Waals surface area contributed by atoms with Crippen molar-refractivity contribution in [3.8, 4) is 5.75 Å². The van der Waals surface area contributed by atoms with E-state index >= 15 is 0 Å². The van der Waals surface area contributed by atoms with Crippen molar-refractivity contribution in [1.29, 1.82) is 0 Å². The summed E-state index contributed by atoms with van der Waals surface area (Å²) in [7, 11) is 0. The van der Waals surface area contributed by atoms with E-state index in [9.17, 15) is 9.90 Å². The van der Waals surface area contributed by atoms with Crippen LogP contribution in [0.5, 0.6) is 5.75 Å². The minimum absolute atomic E-state index is 0.0318. The molecule has 0 atom stereocenters. The lowest BCUT2D eigenvalue weighted by molar-refractivity contribution is 0.475. The predicted octanol–water partition coefficient (Wildman–Crippen LogP) is 2.81. The fraction of sp³-hybridized carbons (Fsp3) is 0. The van der Waals surface area contributed by atoms with E-state index in [4.69, 9.17) is 27.6 Å². The third-order valence-electron chi connectivity index (χ3n) is 1.77. The van der Waals surface area contributed by atoms with Crippen LogP contribution in [0.3, 0.4) is 0 Å². The largest absolute Gasteiger partial charge is 0.508 e. The van der Waals surface area contributed by atoms with Gasteiger partial charge in [0.1, 0.15) is 16.4 Å². The molecule has 3 nitrogen and oxygen atoms in total. The average molecular weight is 231 g/mol. The van der Waals surface area contributed by atoms with Crippen LogP contribution in [0.4, 0.5) is 0 Å². The highest BCUT2D eigenvalue weighted by atomic mass is 35.5. The highest BCUT2D eigenvalue weighted by Gasteiger charge is 2.10. The number of phenolic OH excluding ortho intramolecular Hbond substituents is 1. The van der Waals surface area contributed by atoms with E-state index in [2.05, 4.69) is 0 Å². The third-order valence-corrected chi connectivity index (χ3v) is 2.61. The Morgan fingerprint density at radius 1 is 1.21 bits per heavy atom. The summed E-state index contributed by atoms with van der Waals surface area (Å²) < 4.78 is 4.85. The number of aromatic hydroxyl groups is 1. The van der Waals surface area contributed by atoms with Gasteiger partial charge in [0.05, 0.1) is 5.02 Å². The summed E-state index contributed by atoms with van der Waals surface area (Å²) in [5, 5.41) is 9.52. The van der Waals surface area contributed by atoms with Crippen LogP contribution < -0.4 is 5.63 Å². The molecular formula is C9H4Cl2O3. The van der Waals surface area contributed by atoms with Crippen molar-refractivity contribution < 1.29 is 9.52 Å². The number of hydrogen-bond donors (Lipinski definition) is 1. The average Bonchev–Trinajstić information content (AvgIpc) is 2.16. The Hall–Kier alpha value is -1.19. The van der Waals surface area contributed by atoms with Crippen molar-refractivity contribution in [3.05, 3.63) is 38.7 Å². The molecule has 14 heavy (non-hydrogen) atoms. The molecule has 0 amide bonds. The second kappa shape index (κ2) is 3.19. The first-order valence-electron chi connectivity index (χ1n) is 3.70. The lowest BCUT2D eigenvalue weighted by Gasteiger charge is -2.00. The number of halogens is 2. The number of benzene rings is 1. The van der Waals surface area contributed by atoms with Gasteiger partial charge in [-0.25, -0.2) is 4.79 Å². The molecule has 1 N–H and O–H groups in total. The van der Waals surface area contributed by atoms with Crippen molar-refractivity contribution >= 4 is 34.2 Å². The van der Waals surface area contributed by atoms with Crippen molar-refractivity contribution in [3.63, 3.8) is 0 Å². The van der Waals surface area contributed by atoms with E-state index in [1.807, 2.05) is 0 Å². The van der Waals surface area contributed by atoms with Crippen LogP contribution in [0.2, 0.25) is 10.0 Å². The van der Waals surface area contributed by atoms with Crippen molar-refractivity contribution in [2.24, 2.45) is 0 Å². The van der Waals surface area contributed by atoms with Gasteiger partial charge >= 0.3 is 5.63 Å². The van der Waals surface area contributed by atoms with Gasteiger partial charge in [0, 0.05) is 5.39 Å². The van der Waals surface area contributed by atoms with Crippen molar-refractivity contribution in [2.45, 2.75) is 0 Å². The molecule has 0 aliphatic carbocycles. The first kappa shape index (κ1) is 9.37. The highest BCUT2D eigenvalue weighted by molar-refractivity contribution is 6.44. The summed E-state index contributed by atoms with van der Waals surface area (Å²) in [6, 6.07) is 4.23. The summed E-state index contributed by atoms with van der Waals surface area (Å²) in [4.78, 5) is 11.1. The number of phenols is 1. The Balaban J connectivity index is 2.99. The second-order valence-electron chi connectivity index (χ2n) is 2.70. The van der Waals surface area contributed by atoms with Gasteiger partial charge in [-0.2, -0.15) is 0 Å². The van der Waals surface area contributed by atoms with Crippen LogP contribution in [-0.4, -0.2) is 5.11 Å². The van der Waals surface area contributed by atoms with Crippen LogP contribution >= 0.6 is 23.2 Å². The first-order chi connectivity index (χ1) is 6.59. The second-order valence-corrected chi connectivity index (χ2v) is 3.45. The Labute approximate surface area is 88.5 Å². The Morgan fingerprint density at radius 3 is 2.64 bits per heavy atom. The van der Waals surface area contributed by atoms with E-state index in [1.54, 1.807) is 0 Å². The minimum Gasteiger partial charge on any atom is -0.508 e. The van der Waals surface area contributed by atoms with Gasteiger partial charge in [0.15, 0.2) is 0 Å². The smallest absolute Gasteiger partial charge is 0.356 e. The van der Waals surface area contributed by atoms with Gasteiger partial charge in [0.2, 0.25) is 0 Å². The summed E-state index contributed by atoms with van der Waals surface area (Å²) in [5.41, 5.74) is -0.392. The molecule has 2 rings (SSSR count). The minimum atomic E-state index is -0.685. The lowest BCUT2D eigenvalue weighted by Crippen LogP contribution is -1.99. The van der Waals surface area contributed by atoms with Gasteiger partial charge in [0.25, 0.3) is 0 Å². The molecule has 1 aromatic carbocycles. The number of hydrogen-bond acceptors (Lipinski definition) is 3. The van der Waals surface area contributed by atoms with E-state index in [0.29, 0.717) is 11.0 Å². The fourth-order valence-corrected chi connectivity index (χ4v) is 1.50. The van der Waals surface area contributed by atoms with Crippen LogP contribution in [0, 0.1) is 0 Å². The molecule has 0 bridgehead atoms. The van der Waals surface area contributed by atoms with E-state index in [-0.39, 0.29) is 15.8 Å². The predicted molar refractivity (Wildman–Crippen MR) is 54.2 cm³/mol. The monoisotopic (exact) mass is 230 g/mol. The molecule has 0 radical (unpaired) electrons. The molecular weight excluding hydrogens is 227 g/mol. The number of rotatable bonds is 0. The van der Waals surface area contributed by atoms with E-state index in [1.165, 1.54) is 18.2 Å². The van der Waals surface area contributed by atoms with Gasteiger partial charge in [-0.05, 0) is 18.2 Å². The van der Waals surface area contributed by atoms with Crippen molar-refractivity contribution in [1.82, 2.24) is 0 Å². The maximum Gasteiger partial charge on any atom is 0.356 e. The standard InChI is InChI=1S/C9H4Cl2O3/c10-7-5-3-4(12)1-2-6(5)14-9(13)8(7)11/h1-3,12H. The number of fused-ring (bicyclic) bond motifs is 1. The molecule has 0 unspecified atom stereocenters. The van der Waals surface area contributed by atoms with Crippen LogP contribution in [-0.2, 0) is 0 Å². The van der Waals surface area contributed by atoms with Gasteiger partial charge in [-0.15, -0.1) is 0 Å². The topological polar surface area (TPSA) is 50.4 Å². The molecule has 0 saturated heterocycles. The molecule has 72 valence electrons. The maximum absolute atomic E-state index is 11.1. The maximum atomic E-state index is 11.1. The van der Waals surface area contributed by atoms with Crippen LogP contribution in [0.25, 0.3) is 11.0 Å². The normalized spacial score (nSPS) is 10.7. The summed E-state index contributed by atoms with van der Waals surface area (Å²) in [6.07, 6.45) is 0. The fourth-order valence-electron chi connectivity index (χ4n) is 1.13. The molecule has 2 aromatic rings. The zero-order valence-corrected chi connectivity index (χ0v) is 8.26. The molecule has 0 saturated carbocycles. The SMILES string of the molecule is O=c1oc2ccc(O)cc2c(Cl)c1Cl. The molecule has 1 aromatic heterocycles. The molecule has 1 heterocycles. The molecule has 0 spiro atoms. The van der Waals surface area contributed by atoms with Crippen LogP contribution in [0.15, 0.2) is 27.4 Å². The summed E-state index contributed by atoms with van der Waals surface area (Å²) in [6.45, 7) is 0. The lowest BCUT2D eigenvalue weighted by atomic mass is 10.2. The first-order valence-corrected chi connectivity index (χ1v) is 4.46. The van der Waals surface area contributed by atoms with Gasteiger partial charge < -0.3 is 9.52 Å². The van der Waals surface area contributed by atoms with Gasteiger partial charge in [-0.3, -0.25) is 0 Å². The molecule has 0 aliphatic rings. The van der Waals surface area contributed by atoms with Crippen LogP contribution in [0.1, 0.15) is 0 Å². The third kappa shape index (κ3) is 1.35. The zero-order valence-electron chi connectivity index (χ0n) is 6.75. The quantitative estimate of drug-likeness (QED) is 0.709. The summed E-state index contributed by atoms with van der Waals surface area (Å²) in [5.74, 6) is 0.0318. The molecule has 0 aliphatic heterocycles. The Kier molecular flexibility index (Phi) is 2.13. The molecule has 5 heteroatoms.